The molecule has 0 radical (unpaired) electrons. The fraction of sp³-hybridized carbons (Fsp3) is 0.333. The summed E-state index contributed by atoms with van der Waals surface area (Å²) in [4.78, 5) is 16.0. The third-order valence-corrected chi connectivity index (χ3v) is 3.50. The molecule has 1 aromatic heterocycles. The molecule has 0 fully saturated rings. The van der Waals surface area contributed by atoms with Crippen molar-refractivity contribution in [2.75, 3.05) is 0 Å². The first-order valence-corrected chi connectivity index (χ1v) is 7.05. The Morgan fingerprint density at radius 2 is 1.89 bits per heavy atom. The van der Waals surface area contributed by atoms with Gasteiger partial charge < -0.3 is 4.74 Å². The summed E-state index contributed by atoms with van der Waals surface area (Å²) in [6.07, 6.45) is 0.245. The molecule has 0 N–H and O–H groups in total. The fourth-order valence-corrected chi connectivity index (χ4v) is 2.62. The van der Waals surface area contributed by atoms with Crippen LogP contribution in [0.2, 0.25) is 0 Å². The summed E-state index contributed by atoms with van der Waals surface area (Å²) in [5.74, 6) is -0.232. The van der Waals surface area contributed by atoms with Gasteiger partial charge in [0, 0.05) is 5.38 Å². The lowest BCUT2D eigenvalue weighted by Crippen LogP contribution is -2.08. The zero-order valence-corrected chi connectivity index (χ0v) is 12.2. The average molecular weight is 275 g/mol. The van der Waals surface area contributed by atoms with Gasteiger partial charge in [0.25, 0.3) is 0 Å². The van der Waals surface area contributed by atoms with Crippen LogP contribution in [0.25, 0.3) is 0 Å². The quantitative estimate of drug-likeness (QED) is 0.803. The number of carbonyl (C=O) groups excluding carboxylic acids is 1. The predicted molar refractivity (Wildman–Crippen MR) is 76.3 cm³/mol. The fourth-order valence-electron chi connectivity index (χ4n) is 2.00. The highest BCUT2D eigenvalue weighted by Crippen LogP contribution is 2.12. The first-order valence-electron chi connectivity index (χ1n) is 6.17. The summed E-state index contributed by atoms with van der Waals surface area (Å²) in [5.41, 5.74) is 4.18. The number of aryl methyl sites for hydroxylation is 3. The Morgan fingerprint density at radius 1 is 1.21 bits per heavy atom. The van der Waals surface area contributed by atoms with Gasteiger partial charge in [0.05, 0.1) is 17.1 Å². The Hall–Kier alpha value is -1.68. The Bertz CT molecular complexity index is 569. The lowest BCUT2D eigenvalue weighted by molar-refractivity contribution is -0.144. The van der Waals surface area contributed by atoms with Gasteiger partial charge in [-0.25, -0.2) is 4.98 Å². The number of hydrogen-bond acceptors (Lipinski definition) is 4. The maximum atomic E-state index is 11.7. The molecule has 0 aliphatic carbocycles. The summed E-state index contributed by atoms with van der Waals surface area (Å²) >= 11 is 1.55. The third-order valence-electron chi connectivity index (χ3n) is 2.67. The summed E-state index contributed by atoms with van der Waals surface area (Å²) in [6.45, 7) is 6.33. The molecule has 19 heavy (non-hydrogen) atoms. The smallest absolute Gasteiger partial charge is 0.312 e. The maximum absolute atomic E-state index is 11.7. The second-order valence-corrected chi connectivity index (χ2v) is 5.75. The Balaban J connectivity index is 1.89. The molecular weight excluding hydrogens is 258 g/mol. The predicted octanol–water partition coefficient (Wildman–Crippen LogP) is 3.35. The molecule has 1 aromatic carbocycles. The first-order chi connectivity index (χ1) is 9.02. The van der Waals surface area contributed by atoms with Gasteiger partial charge in [-0.05, 0) is 26.3 Å². The normalized spacial score (nSPS) is 10.5. The van der Waals surface area contributed by atoms with Crippen molar-refractivity contribution in [2.45, 2.75) is 33.8 Å². The number of benzene rings is 1. The topological polar surface area (TPSA) is 39.2 Å². The second-order valence-electron chi connectivity index (χ2n) is 4.69. The molecule has 4 heteroatoms. The molecule has 2 aromatic rings. The number of thiazole rings is 1. The number of nitrogens with zero attached hydrogens (tertiary/aromatic N) is 1. The van der Waals surface area contributed by atoms with Crippen LogP contribution >= 0.6 is 11.3 Å². The molecule has 0 saturated carbocycles. The lowest BCUT2D eigenvalue weighted by atomic mass is 10.1. The van der Waals surface area contributed by atoms with E-state index in [1.165, 1.54) is 11.1 Å². The van der Waals surface area contributed by atoms with Crippen LogP contribution in [0.5, 0.6) is 0 Å². The van der Waals surface area contributed by atoms with E-state index in [2.05, 4.69) is 11.1 Å². The number of hydrogen-bond donors (Lipinski definition) is 0. The molecule has 100 valence electrons. The van der Waals surface area contributed by atoms with Crippen LogP contribution in [0, 0.1) is 20.8 Å². The number of carbonyl (C=O) groups is 1. The molecule has 0 spiro atoms. The van der Waals surface area contributed by atoms with Crippen molar-refractivity contribution in [1.29, 1.82) is 0 Å². The summed E-state index contributed by atoms with van der Waals surface area (Å²) < 4.78 is 5.28. The van der Waals surface area contributed by atoms with E-state index in [0.717, 1.165) is 16.3 Å². The third kappa shape index (κ3) is 4.17. The van der Waals surface area contributed by atoms with Gasteiger partial charge in [0.1, 0.15) is 6.61 Å². The van der Waals surface area contributed by atoms with E-state index in [-0.39, 0.29) is 12.4 Å². The number of rotatable bonds is 4. The van der Waals surface area contributed by atoms with E-state index in [4.69, 9.17) is 4.74 Å². The Morgan fingerprint density at radius 3 is 2.47 bits per heavy atom. The monoisotopic (exact) mass is 275 g/mol. The summed E-state index contributed by atoms with van der Waals surface area (Å²) in [5, 5.41) is 2.87. The summed E-state index contributed by atoms with van der Waals surface area (Å²) in [6, 6.07) is 6.17. The minimum atomic E-state index is -0.232. The van der Waals surface area contributed by atoms with E-state index in [9.17, 15) is 4.79 Å². The maximum Gasteiger partial charge on any atom is 0.312 e. The molecule has 0 atom stereocenters. The van der Waals surface area contributed by atoms with Crippen molar-refractivity contribution in [3.05, 3.63) is 51.0 Å². The molecule has 0 saturated heterocycles. The van der Waals surface area contributed by atoms with Crippen LogP contribution in [0.4, 0.5) is 0 Å². The lowest BCUT2D eigenvalue weighted by Gasteiger charge is -2.06. The molecule has 0 amide bonds. The van der Waals surface area contributed by atoms with Crippen LogP contribution < -0.4 is 0 Å². The minimum Gasteiger partial charge on any atom is -0.461 e. The number of ether oxygens (including phenoxy) is 1. The van der Waals surface area contributed by atoms with E-state index in [0.29, 0.717) is 6.61 Å². The van der Waals surface area contributed by atoms with Crippen LogP contribution in [0.15, 0.2) is 23.6 Å². The molecule has 3 nitrogen and oxygen atoms in total. The minimum absolute atomic E-state index is 0.232. The highest BCUT2D eigenvalue weighted by Gasteiger charge is 2.08. The largest absolute Gasteiger partial charge is 0.461 e. The molecular formula is C15H17NO2S. The van der Waals surface area contributed by atoms with Crippen LogP contribution in [-0.2, 0) is 22.6 Å². The van der Waals surface area contributed by atoms with Crippen LogP contribution in [-0.4, -0.2) is 11.0 Å². The molecule has 0 aliphatic rings. The van der Waals surface area contributed by atoms with Gasteiger partial charge in [-0.1, -0.05) is 29.3 Å². The van der Waals surface area contributed by atoms with Crippen molar-refractivity contribution in [2.24, 2.45) is 0 Å². The highest BCUT2D eigenvalue weighted by atomic mass is 32.1. The van der Waals surface area contributed by atoms with Gasteiger partial charge in [0.15, 0.2) is 0 Å². The molecule has 1 heterocycles. The van der Waals surface area contributed by atoms with Gasteiger partial charge in [0.2, 0.25) is 0 Å². The van der Waals surface area contributed by atoms with Crippen molar-refractivity contribution < 1.29 is 9.53 Å². The molecule has 0 aliphatic heterocycles. The Kier molecular flexibility index (Phi) is 4.32. The van der Waals surface area contributed by atoms with Gasteiger partial charge in [-0.2, -0.15) is 0 Å². The average Bonchev–Trinajstić information content (AvgIpc) is 2.71. The van der Waals surface area contributed by atoms with E-state index < -0.39 is 0 Å². The van der Waals surface area contributed by atoms with Gasteiger partial charge >= 0.3 is 5.97 Å². The highest BCUT2D eigenvalue weighted by molar-refractivity contribution is 7.09. The van der Waals surface area contributed by atoms with Crippen molar-refractivity contribution in [3.8, 4) is 0 Å². The van der Waals surface area contributed by atoms with Gasteiger partial charge in [-0.3, -0.25) is 4.79 Å². The standard InChI is InChI=1S/C15H17NO2S/c1-10-4-11(2)6-13(5-10)8-18-15(17)7-14-9-19-12(3)16-14/h4-6,9H,7-8H2,1-3H3. The zero-order chi connectivity index (χ0) is 13.8. The van der Waals surface area contributed by atoms with E-state index >= 15 is 0 Å². The zero-order valence-electron chi connectivity index (χ0n) is 11.4. The second kappa shape index (κ2) is 5.97. The molecule has 0 bridgehead atoms. The number of esters is 1. The summed E-state index contributed by atoms with van der Waals surface area (Å²) in [7, 11) is 0. The van der Waals surface area contributed by atoms with E-state index in [1.54, 1.807) is 11.3 Å². The molecule has 2 rings (SSSR count). The Labute approximate surface area is 117 Å². The van der Waals surface area contributed by atoms with Gasteiger partial charge in [-0.15, -0.1) is 11.3 Å². The molecule has 0 unspecified atom stereocenters. The van der Waals surface area contributed by atoms with Crippen molar-refractivity contribution in [1.82, 2.24) is 4.98 Å². The van der Waals surface area contributed by atoms with E-state index in [1.807, 2.05) is 38.3 Å². The SMILES string of the molecule is Cc1cc(C)cc(COC(=O)Cc2csc(C)n2)c1. The van der Waals surface area contributed by atoms with Crippen molar-refractivity contribution in [3.63, 3.8) is 0 Å². The van der Waals surface area contributed by atoms with Crippen LogP contribution in [0.1, 0.15) is 27.4 Å². The number of aromatic nitrogens is 1. The van der Waals surface area contributed by atoms with Crippen molar-refractivity contribution >= 4 is 17.3 Å². The van der Waals surface area contributed by atoms with Crippen LogP contribution in [0.3, 0.4) is 0 Å². The first kappa shape index (κ1) is 13.7.